The van der Waals surface area contributed by atoms with E-state index in [1.165, 1.54) is 18.2 Å². The average Bonchev–Trinajstić information content (AvgIpc) is 2.37. The second-order valence-electron chi connectivity index (χ2n) is 4.72. The van der Waals surface area contributed by atoms with E-state index < -0.39 is 10.0 Å². The molecule has 0 heterocycles. The van der Waals surface area contributed by atoms with Gasteiger partial charge in [0.15, 0.2) is 0 Å². The quantitative estimate of drug-likeness (QED) is 0.756. The summed E-state index contributed by atoms with van der Waals surface area (Å²) >= 11 is 5.86. The Morgan fingerprint density at radius 2 is 1.86 bits per heavy atom. The van der Waals surface area contributed by atoms with Gasteiger partial charge in [-0.25, -0.2) is 8.42 Å². The number of phenols is 1. The highest BCUT2D eigenvalue weighted by molar-refractivity contribution is 7.92. The molecule has 0 aromatic heterocycles. The molecule has 0 unspecified atom stereocenters. The second-order valence-corrected chi connectivity index (χ2v) is 6.81. The summed E-state index contributed by atoms with van der Waals surface area (Å²) in [7, 11) is -3.84. The van der Waals surface area contributed by atoms with E-state index in [1.807, 2.05) is 0 Å². The van der Waals surface area contributed by atoms with E-state index in [2.05, 4.69) is 4.72 Å². The van der Waals surface area contributed by atoms with Crippen molar-refractivity contribution in [1.29, 1.82) is 0 Å². The predicted octanol–water partition coefficient (Wildman–Crippen LogP) is 3.05. The Balaban J connectivity index is 2.45. The lowest BCUT2D eigenvalue weighted by atomic mass is 10.2. The lowest BCUT2D eigenvalue weighted by Crippen LogP contribution is -2.15. The third-order valence-corrected chi connectivity index (χ3v) is 4.84. The van der Waals surface area contributed by atoms with Crippen LogP contribution in [-0.2, 0) is 10.0 Å². The first kappa shape index (κ1) is 15.5. The molecule has 21 heavy (non-hydrogen) atoms. The Morgan fingerprint density at radius 1 is 1.19 bits per heavy atom. The van der Waals surface area contributed by atoms with Gasteiger partial charge in [-0.3, -0.25) is 4.72 Å². The van der Waals surface area contributed by atoms with Gasteiger partial charge in [0.05, 0.1) is 10.6 Å². The zero-order valence-corrected chi connectivity index (χ0v) is 13.1. The van der Waals surface area contributed by atoms with E-state index in [9.17, 15) is 13.5 Å². The number of phenolic OH excluding ortho intramolecular Hbond substituents is 1. The third-order valence-electron chi connectivity index (χ3n) is 3.12. The number of halogens is 1. The lowest BCUT2D eigenvalue weighted by molar-refractivity contribution is 0.471. The van der Waals surface area contributed by atoms with Gasteiger partial charge in [0, 0.05) is 16.8 Å². The monoisotopic (exact) mass is 326 g/mol. The van der Waals surface area contributed by atoms with E-state index in [0.29, 0.717) is 16.8 Å². The summed E-state index contributed by atoms with van der Waals surface area (Å²) < 4.78 is 27.2. The van der Waals surface area contributed by atoms with Gasteiger partial charge in [0.1, 0.15) is 5.75 Å². The van der Waals surface area contributed by atoms with Gasteiger partial charge in [-0.1, -0.05) is 17.7 Å². The number of benzene rings is 2. The van der Waals surface area contributed by atoms with Crippen molar-refractivity contribution < 1.29 is 13.5 Å². The maximum absolute atomic E-state index is 12.4. The molecule has 0 radical (unpaired) electrons. The standard InChI is InChI=1S/C14H15ClN2O3S/c1-8-3-4-11(7-13(8)18)17-21(19,20)14-6-10(15)5-12(16)9(14)2/h3-7,17-18H,16H2,1-2H3. The van der Waals surface area contributed by atoms with Gasteiger partial charge in [-0.05, 0) is 43.2 Å². The number of nitrogens with one attached hydrogen (secondary N) is 1. The van der Waals surface area contributed by atoms with Gasteiger partial charge < -0.3 is 10.8 Å². The Kier molecular flexibility index (Phi) is 4.02. The molecular formula is C14H15ClN2O3S. The van der Waals surface area contributed by atoms with Gasteiger partial charge in [0.25, 0.3) is 10.0 Å². The largest absolute Gasteiger partial charge is 0.508 e. The van der Waals surface area contributed by atoms with Crippen LogP contribution < -0.4 is 10.5 Å². The molecular weight excluding hydrogens is 312 g/mol. The molecule has 112 valence electrons. The minimum absolute atomic E-state index is 0.00700. The van der Waals surface area contributed by atoms with Crippen LogP contribution in [0.25, 0.3) is 0 Å². The molecule has 0 saturated heterocycles. The van der Waals surface area contributed by atoms with Crippen LogP contribution in [0, 0.1) is 13.8 Å². The van der Waals surface area contributed by atoms with Crippen LogP contribution in [0.3, 0.4) is 0 Å². The molecule has 4 N–H and O–H groups in total. The van der Waals surface area contributed by atoms with Crippen molar-refractivity contribution in [3.05, 3.63) is 46.5 Å². The van der Waals surface area contributed by atoms with Crippen molar-refractivity contribution >= 4 is 33.0 Å². The molecule has 2 aromatic carbocycles. The first-order valence-corrected chi connectivity index (χ1v) is 7.95. The van der Waals surface area contributed by atoms with Crippen LogP contribution in [0.1, 0.15) is 11.1 Å². The summed E-state index contributed by atoms with van der Waals surface area (Å²) in [6, 6.07) is 7.36. The average molecular weight is 327 g/mol. The molecule has 0 aliphatic rings. The first-order valence-electron chi connectivity index (χ1n) is 6.09. The molecule has 0 spiro atoms. The topological polar surface area (TPSA) is 92.4 Å². The van der Waals surface area contributed by atoms with Crippen LogP contribution in [-0.4, -0.2) is 13.5 Å². The zero-order chi connectivity index (χ0) is 15.8. The number of aryl methyl sites for hydroxylation is 1. The molecule has 2 aromatic rings. The first-order chi connectivity index (χ1) is 9.70. The fourth-order valence-corrected chi connectivity index (χ4v) is 3.48. The van der Waals surface area contributed by atoms with Crippen LogP contribution in [0.2, 0.25) is 5.02 Å². The predicted molar refractivity (Wildman–Crippen MR) is 84.3 cm³/mol. The number of hydrogen-bond acceptors (Lipinski definition) is 4. The molecule has 0 bridgehead atoms. The highest BCUT2D eigenvalue weighted by Gasteiger charge is 2.19. The number of hydrogen-bond donors (Lipinski definition) is 3. The SMILES string of the molecule is Cc1ccc(NS(=O)(=O)c2cc(Cl)cc(N)c2C)cc1O. The van der Waals surface area contributed by atoms with Crippen LogP contribution >= 0.6 is 11.6 Å². The fourth-order valence-electron chi connectivity index (χ4n) is 1.84. The number of anilines is 2. The maximum Gasteiger partial charge on any atom is 0.262 e. The number of nitrogen functional groups attached to an aromatic ring is 1. The molecule has 7 heteroatoms. The van der Waals surface area contributed by atoms with Crippen LogP contribution in [0.15, 0.2) is 35.2 Å². The summed E-state index contributed by atoms with van der Waals surface area (Å²) in [6.45, 7) is 3.32. The maximum atomic E-state index is 12.4. The Morgan fingerprint density at radius 3 is 2.48 bits per heavy atom. The summed E-state index contributed by atoms with van der Waals surface area (Å²) in [5.74, 6) is 0.0116. The summed E-state index contributed by atoms with van der Waals surface area (Å²) in [5, 5.41) is 9.88. The van der Waals surface area contributed by atoms with Gasteiger partial charge in [-0.2, -0.15) is 0 Å². The van der Waals surface area contributed by atoms with E-state index in [-0.39, 0.29) is 21.4 Å². The van der Waals surface area contributed by atoms with Gasteiger partial charge in [0.2, 0.25) is 0 Å². The van der Waals surface area contributed by atoms with Crippen LogP contribution in [0.5, 0.6) is 5.75 Å². The van der Waals surface area contributed by atoms with Crippen molar-refractivity contribution in [3.8, 4) is 5.75 Å². The Bertz CT molecular complexity index is 804. The summed E-state index contributed by atoms with van der Waals surface area (Å²) in [4.78, 5) is 0.00700. The molecule has 0 amide bonds. The lowest BCUT2D eigenvalue weighted by Gasteiger charge is -2.13. The third kappa shape index (κ3) is 3.22. The fraction of sp³-hybridized carbons (Fsp3) is 0.143. The molecule has 0 aliphatic carbocycles. The molecule has 0 fully saturated rings. The smallest absolute Gasteiger partial charge is 0.262 e. The second kappa shape index (κ2) is 5.46. The van der Waals surface area contributed by atoms with Crippen molar-refractivity contribution in [2.75, 3.05) is 10.5 Å². The highest BCUT2D eigenvalue weighted by atomic mass is 35.5. The molecule has 0 atom stereocenters. The highest BCUT2D eigenvalue weighted by Crippen LogP contribution is 2.28. The van der Waals surface area contributed by atoms with Gasteiger partial charge in [-0.15, -0.1) is 0 Å². The van der Waals surface area contributed by atoms with Gasteiger partial charge >= 0.3 is 0 Å². The minimum atomic E-state index is -3.84. The molecule has 0 saturated carbocycles. The van der Waals surface area contributed by atoms with Crippen molar-refractivity contribution in [1.82, 2.24) is 0 Å². The number of nitrogens with two attached hydrogens (primary N) is 1. The van der Waals surface area contributed by atoms with Crippen molar-refractivity contribution in [2.45, 2.75) is 18.7 Å². The number of sulfonamides is 1. The molecule has 5 nitrogen and oxygen atoms in total. The Labute approximate surface area is 128 Å². The van der Waals surface area contributed by atoms with Crippen LogP contribution in [0.4, 0.5) is 11.4 Å². The summed E-state index contributed by atoms with van der Waals surface area (Å²) in [6.07, 6.45) is 0. The summed E-state index contributed by atoms with van der Waals surface area (Å²) in [5.41, 5.74) is 7.37. The Hall–Kier alpha value is -1.92. The zero-order valence-electron chi connectivity index (χ0n) is 11.5. The molecule has 0 aliphatic heterocycles. The van der Waals surface area contributed by atoms with Crippen molar-refractivity contribution in [3.63, 3.8) is 0 Å². The molecule has 2 rings (SSSR count). The van der Waals surface area contributed by atoms with E-state index >= 15 is 0 Å². The minimum Gasteiger partial charge on any atom is -0.508 e. The van der Waals surface area contributed by atoms with E-state index in [4.69, 9.17) is 17.3 Å². The van der Waals surface area contributed by atoms with E-state index in [1.54, 1.807) is 26.0 Å². The number of rotatable bonds is 3. The normalized spacial score (nSPS) is 11.4. The van der Waals surface area contributed by atoms with E-state index in [0.717, 1.165) is 0 Å². The van der Waals surface area contributed by atoms with Crippen molar-refractivity contribution in [2.24, 2.45) is 0 Å². The number of aromatic hydroxyl groups is 1.